The van der Waals surface area contributed by atoms with Gasteiger partial charge in [0.2, 0.25) is 0 Å². The van der Waals surface area contributed by atoms with Crippen molar-refractivity contribution in [1.29, 1.82) is 0 Å². The number of esters is 2. The summed E-state index contributed by atoms with van der Waals surface area (Å²) >= 11 is 0. The molecule has 0 aliphatic heterocycles. The topological polar surface area (TPSA) is 71.1 Å². The molecule has 0 heterocycles. The van der Waals surface area contributed by atoms with Crippen LogP contribution in [0, 0.1) is 0 Å². The minimum Gasteiger partial charge on any atom is -0.490 e. The summed E-state index contributed by atoms with van der Waals surface area (Å²) in [6.07, 6.45) is 0. The first-order chi connectivity index (χ1) is 23.5. The molecule has 1 aliphatic carbocycles. The van der Waals surface area contributed by atoms with E-state index in [9.17, 15) is 9.59 Å². The van der Waals surface area contributed by atoms with Gasteiger partial charge in [0.1, 0.15) is 37.9 Å². The van der Waals surface area contributed by atoms with Crippen LogP contribution in [0.3, 0.4) is 0 Å². The lowest BCUT2D eigenvalue weighted by Crippen LogP contribution is -2.29. The molecule has 254 valence electrons. The maximum Gasteiger partial charge on any atom is 0.333 e. The highest BCUT2D eigenvalue weighted by atomic mass is 16.6. The van der Waals surface area contributed by atoms with E-state index in [1.54, 1.807) is 13.8 Å². The molecule has 6 heteroatoms. The van der Waals surface area contributed by atoms with Gasteiger partial charge in [-0.15, -0.1) is 0 Å². The van der Waals surface area contributed by atoms with E-state index in [1.807, 2.05) is 12.1 Å². The SMILES string of the molecule is C=C(C)C(=O)OCCOc1ccc(C2(c3ccc(OCCOC(=O)C(=C)C)c(C(C)C)c3)c3ccccc3-c3ccccc32)cc1C(C)C. The van der Waals surface area contributed by atoms with Crippen LogP contribution in [0.1, 0.15) is 86.8 Å². The molecular formula is C43H46O6. The highest BCUT2D eigenvalue weighted by molar-refractivity contribution is 5.88. The van der Waals surface area contributed by atoms with Gasteiger partial charge in [-0.05, 0) is 82.3 Å². The van der Waals surface area contributed by atoms with Crippen molar-refractivity contribution in [3.8, 4) is 22.6 Å². The third kappa shape index (κ3) is 7.05. The molecule has 5 rings (SSSR count). The second-order valence-corrected chi connectivity index (χ2v) is 13.2. The van der Waals surface area contributed by atoms with Crippen LogP contribution in [0.5, 0.6) is 11.5 Å². The summed E-state index contributed by atoms with van der Waals surface area (Å²) in [4.78, 5) is 23.8. The van der Waals surface area contributed by atoms with Gasteiger partial charge in [-0.1, -0.05) is 114 Å². The van der Waals surface area contributed by atoms with E-state index < -0.39 is 17.4 Å². The largest absolute Gasteiger partial charge is 0.490 e. The Bertz CT molecular complexity index is 1740. The zero-order valence-corrected chi connectivity index (χ0v) is 29.4. The summed E-state index contributed by atoms with van der Waals surface area (Å²) in [5, 5.41) is 0. The third-order valence-corrected chi connectivity index (χ3v) is 8.93. The van der Waals surface area contributed by atoms with Gasteiger partial charge in [-0.3, -0.25) is 0 Å². The van der Waals surface area contributed by atoms with Crippen LogP contribution in [-0.2, 0) is 24.5 Å². The number of benzene rings is 4. The highest BCUT2D eigenvalue weighted by Gasteiger charge is 2.46. The summed E-state index contributed by atoms with van der Waals surface area (Å²) in [7, 11) is 0. The van der Waals surface area contributed by atoms with Crippen LogP contribution < -0.4 is 9.47 Å². The van der Waals surface area contributed by atoms with Gasteiger partial charge in [0.05, 0.1) is 5.41 Å². The van der Waals surface area contributed by atoms with E-state index in [-0.39, 0.29) is 38.3 Å². The lowest BCUT2D eigenvalue weighted by atomic mass is 9.66. The van der Waals surface area contributed by atoms with Crippen molar-refractivity contribution in [3.05, 3.63) is 143 Å². The Morgan fingerprint density at radius 1 is 0.592 bits per heavy atom. The molecule has 0 aromatic heterocycles. The van der Waals surface area contributed by atoms with Gasteiger partial charge in [0, 0.05) is 11.1 Å². The second kappa shape index (κ2) is 15.0. The molecule has 4 aromatic carbocycles. The molecule has 0 saturated carbocycles. The van der Waals surface area contributed by atoms with Gasteiger partial charge < -0.3 is 18.9 Å². The standard InChI is InChI=1S/C43H46O6/c1-27(2)35-25-31(17-19-39(35)46-21-23-48-41(44)29(5)6)43(37-15-11-9-13-33(37)34-14-10-12-16-38(34)43)32-18-20-40(36(26-32)28(3)4)47-22-24-49-42(45)30(7)8/h9-20,25-28H,5,7,21-24H2,1-4,6,8H3. The summed E-state index contributed by atoms with van der Waals surface area (Å²) in [5.74, 6) is 1.01. The maximum atomic E-state index is 11.9. The molecule has 4 aromatic rings. The fraction of sp³-hybridized carbons (Fsp3) is 0.302. The van der Waals surface area contributed by atoms with Crippen molar-refractivity contribution in [2.24, 2.45) is 0 Å². The Morgan fingerprint density at radius 3 is 1.35 bits per heavy atom. The van der Waals surface area contributed by atoms with Crippen LogP contribution >= 0.6 is 0 Å². The normalized spacial score (nSPS) is 12.7. The second-order valence-electron chi connectivity index (χ2n) is 13.2. The summed E-state index contributed by atoms with van der Waals surface area (Å²) in [6, 6.07) is 30.3. The van der Waals surface area contributed by atoms with E-state index in [4.69, 9.17) is 18.9 Å². The predicted molar refractivity (Wildman–Crippen MR) is 194 cm³/mol. The van der Waals surface area contributed by atoms with E-state index in [1.165, 1.54) is 22.3 Å². The monoisotopic (exact) mass is 658 g/mol. The number of fused-ring (bicyclic) bond motifs is 3. The number of carbonyl (C=O) groups excluding carboxylic acids is 2. The van der Waals surface area contributed by atoms with Crippen molar-refractivity contribution < 1.29 is 28.5 Å². The van der Waals surface area contributed by atoms with Crippen molar-refractivity contribution in [2.75, 3.05) is 26.4 Å². The van der Waals surface area contributed by atoms with E-state index >= 15 is 0 Å². The van der Waals surface area contributed by atoms with Crippen LogP contribution in [0.25, 0.3) is 11.1 Å². The van der Waals surface area contributed by atoms with Gasteiger partial charge in [-0.2, -0.15) is 0 Å². The molecule has 0 unspecified atom stereocenters. The smallest absolute Gasteiger partial charge is 0.333 e. The molecule has 1 aliphatic rings. The molecule has 0 spiro atoms. The van der Waals surface area contributed by atoms with E-state index in [0.29, 0.717) is 11.1 Å². The molecule has 0 bridgehead atoms. The maximum absolute atomic E-state index is 11.9. The van der Waals surface area contributed by atoms with Crippen molar-refractivity contribution in [1.82, 2.24) is 0 Å². The van der Waals surface area contributed by atoms with Crippen molar-refractivity contribution in [3.63, 3.8) is 0 Å². The Labute approximate surface area is 290 Å². The fourth-order valence-electron chi connectivity index (χ4n) is 6.57. The Hall–Kier alpha value is -5.10. The average molecular weight is 659 g/mol. The van der Waals surface area contributed by atoms with Crippen LogP contribution in [-0.4, -0.2) is 38.4 Å². The van der Waals surface area contributed by atoms with Gasteiger partial charge in [0.15, 0.2) is 0 Å². The summed E-state index contributed by atoms with van der Waals surface area (Å²) in [6.45, 7) is 19.9. The molecule has 0 amide bonds. The van der Waals surface area contributed by atoms with Gasteiger partial charge in [-0.25, -0.2) is 9.59 Å². The molecule has 0 atom stereocenters. The molecule has 0 fully saturated rings. The van der Waals surface area contributed by atoms with E-state index in [0.717, 1.165) is 33.8 Å². The third-order valence-electron chi connectivity index (χ3n) is 8.93. The van der Waals surface area contributed by atoms with Crippen LogP contribution in [0.4, 0.5) is 0 Å². The molecule has 6 nitrogen and oxygen atoms in total. The minimum atomic E-state index is -0.619. The summed E-state index contributed by atoms with van der Waals surface area (Å²) < 4.78 is 23.0. The lowest BCUT2D eigenvalue weighted by Gasteiger charge is -2.35. The van der Waals surface area contributed by atoms with Crippen LogP contribution in [0.2, 0.25) is 0 Å². The Kier molecular flexibility index (Phi) is 10.8. The van der Waals surface area contributed by atoms with Gasteiger partial charge >= 0.3 is 11.9 Å². The first kappa shape index (κ1) is 35.2. The molecule has 49 heavy (non-hydrogen) atoms. The summed E-state index contributed by atoms with van der Waals surface area (Å²) in [5.41, 5.74) is 9.32. The predicted octanol–water partition coefficient (Wildman–Crippen LogP) is 9.29. The fourth-order valence-corrected chi connectivity index (χ4v) is 6.57. The van der Waals surface area contributed by atoms with Crippen molar-refractivity contribution >= 4 is 11.9 Å². The quantitative estimate of drug-likeness (QED) is 0.0673. The zero-order chi connectivity index (χ0) is 35.3. The number of carbonyl (C=O) groups is 2. The zero-order valence-electron chi connectivity index (χ0n) is 29.4. The molecule has 0 radical (unpaired) electrons. The Morgan fingerprint density at radius 2 is 0.980 bits per heavy atom. The number of hydrogen-bond acceptors (Lipinski definition) is 6. The number of rotatable bonds is 14. The molecule has 0 N–H and O–H groups in total. The van der Waals surface area contributed by atoms with Gasteiger partial charge in [0.25, 0.3) is 0 Å². The first-order valence-corrected chi connectivity index (χ1v) is 16.9. The first-order valence-electron chi connectivity index (χ1n) is 16.9. The number of ether oxygens (including phenoxy) is 4. The minimum absolute atomic E-state index is 0.137. The molecule has 0 saturated heterocycles. The molecular weight excluding hydrogens is 612 g/mol. The average Bonchev–Trinajstić information content (AvgIpc) is 3.39. The Balaban J connectivity index is 1.61. The van der Waals surface area contributed by atoms with E-state index in [2.05, 4.69) is 114 Å². The lowest BCUT2D eigenvalue weighted by molar-refractivity contribution is -0.140. The number of hydrogen-bond donors (Lipinski definition) is 0. The van der Waals surface area contributed by atoms with Crippen LogP contribution in [0.15, 0.2) is 109 Å². The van der Waals surface area contributed by atoms with Crippen molar-refractivity contribution in [2.45, 2.75) is 58.8 Å². The highest BCUT2D eigenvalue weighted by Crippen LogP contribution is 2.57.